The summed E-state index contributed by atoms with van der Waals surface area (Å²) in [5.74, 6) is 1.68. The van der Waals surface area contributed by atoms with Crippen LogP contribution in [-0.2, 0) is 11.2 Å². The van der Waals surface area contributed by atoms with Crippen LogP contribution in [0.4, 0.5) is 0 Å². The summed E-state index contributed by atoms with van der Waals surface area (Å²) in [6.07, 6.45) is 10.9. The fraction of sp³-hybridized carbons (Fsp3) is 0.586. The van der Waals surface area contributed by atoms with Crippen LogP contribution in [0.25, 0.3) is 11.0 Å². The van der Waals surface area contributed by atoms with Gasteiger partial charge in [-0.25, -0.2) is 4.98 Å². The SMILES string of the molecule is CC1CCCCC1n1c(Cc2cccs2)nc2cc(C(=O)NC3(CC4OC4O)CCCCC3)ccc21. The number of benzene rings is 1. The Morgan fingerprint density at radius 1 is 1.19 bits per heavy atom. The smallest absolute Gasteiger partial charge is 0.251 e. The average molecular weight is 508 g/mol. The van der Waals surface area contributed by atoms with Crippen LogP contribution in [0.2, 0.25) is 0 Å². The van der Waals surface area contributed by atoms with Crippen molar-refractivity contribution in [2.75, 3.05) is 0 Å². The lowest BCUT2D eigenvalue weighted by atomic mass is 9.78. The fourth-order valence-electron chi connectivity index (χ4n) is 6.62. The third-order valence-corrected chi connectivity index (χ3v) is 9.55. The molecule has 1 aliphatic heterocycles. The zero-order valence-corrected chi connectivity index (χ0v) is 21.9. The van der Waals surface area contributed by atoms with E-state index in [0.717, 1.165) is 49.0 Å². The lowest BCUT2D eigenvalue weighted by molar-refractivity contribution is 0.0851. The number of epoxide rings is 1. The molecule has 4 unspecified atom stereocenters. The first-order valence-electron chi connectivity index (χ1n) is 13.7. The number of fused-ring (bicyclic) bond motifs is 1. The number of hydrogen-bond donors (Lipinski definition) is 2. The van der Waals surface area contributed by atoms with Gasteiger partial charge in [-0.05, 0) is 61.2 Å². The van der Waals surface area contributed by atoms with Crippen LogP contribution in [0.3, 0.4) is 0 Å². The minimum atomic E-state index is -0.676. The van der Waals surface area contributed by atoms with Gasteiger partial charge in [0.1, 0.15) is 11.9 Å². The number of hydrogen-bond acceptors (Lipinski definition) is 5. The topological polar surface area (TPSA) is 79.7 Å². The van der Waals surface area contributed by atoms with Gasteiger partial charge in [0.05, 0.1) is 11.0 Å². The molecule has 2 aromatic heterocycles. The average Bonchev–Trinajstić information content (AvgIpc) is 3.23. The lowest BCUT2D eigenvalue weighted by Gasteiger charge is -2.38. The molecule has 0 bridgehead atoms. The molecule has 4 atom stereocenters. The van der Waals surface area contributed by atoms with Gasteiger partial charge in [-0.3, -0.25) is 4.79 Å². The summed E-state index contributed by atoms with van der Waals surface area (Å²) in [6.45, 7) is 2.37. The lowest BCUT2D eigenvalue weighted by Crippen LogP contribution is -2.50. The number of nitrogens with one attached hydrogen (secondary N) is 1. The minimum absolute atomic E-state index is 0.0469. The molecule has 6 rings (SSSR count). The van der Waals surface area contributed by atoms with E-state index < -0.39 is 6.29 Å². The van der Waals surface area contributed by atoms with Crippen LogP contribution in [0.5, 0.6) is 0 Å². The van der Waals surface area contributed by atoms with Crippen molar-refractivity contribution >= 4 is 28.3 Å². The van der Waals surface area contributed by atoms with Crippen molar-refractivity contribution in [2.45, 2.75) is 102 Å². The molecule has 3 fully saturated rings. The molecular weight excluding hydrogens is 470 g/mol. The highest BCUT2D eigenvalue weighted by atomic mass is 32.1. The van der Waals surface area contributed by atoms with Crippen LogP contribution < -0.4 is 5.32 Å². The maximum atomic E-state index is 13.5. The van der Waals surface area contributed by atoms with Crippen LogP contribution >= 0.6 is 11.3 Å². The summed E-state index contributed by atoms with van der Waals surface area (Å²) in [4.78, 5) is 19.9. The zero-order chi connectivity index (χ0) is 24.7. The van der Waals surface area contributed by atoms with Gasteiger partial charge in [0.15, 0.2) is 6.29 Å². The highest BCUT2D eigenvalue weighted by Crippen LogP contribution is 2.39. The first-order valence-corrected chi connectivity index (χ1v) is 14.6. The Labute approximate surface area is 217 Å². The van der Waals surface area contributed by atoms with Crippen molar-refractivity contribution in [1.82, 2.24) is 14.9 Å². The Morgan fingerprint density at radius 3 is 2.72 bits per heavy atom. The summed E-state index contributed by atoms with van der Waals surface area (Å²) in [7, 11) is 0. The maximum Gasteiger partial charge on any atom is 0.251 e. The Hall–Kier alpha value is -2.22. The van der Waals surface area contributed by atoms with Gasteiger partial charge in [0.25, 0.3) is 5.91 Å². The quantitative estimate of drug-likeness (QED) is 0.386. The predicted molar refractivity (Wildman–Crippen MR) is 142 cm³/mol. The number of imidazole rings is 1. The molecule has 3 heterocycles. The van der Waals surface area contributed by atoms with E-state index in [0.29, 0.717) is 23.9 Å². The largest absolute Gasteiger partial charge is 0.366 e. The number of carbonyl (C=O) groups is 1. The molecule has 1 saturated heterocycles. The molecule has 2 saturated carbocycles. The van der Waals surface area contributed by atoms with Gasteiger partial charge in [-0.2, -0.15) is 0 Å². The molecule has 1 amide bonds. The molecule has 3 aromatic rings. The summed E-state index contributed by atoms with van der Waals surface area (Å²) in [5.41, 5.74) is 2.41. The van der Waals surface area contributed by atoms with Crippen LogP contribution in [-0.4, -0.2) is 38.5 Å². The number of aromatic nitrogens is 2. The standard InChI is InChI=1S/C29H37N3O3S/c1-19-8-3-4-10-23(19)32-24-12-11-20(16-22(24)30-26(32)17-21-9-7-15-36-21)27(33)31-29(13-5-2-6-14-29)18-25-28(34)35-25/h7,9,11-12,15-16,19,23,25,28,34H,2-6,8,10,13-14,17-18H2,1H3,(H,31,33). The molecule has 7 heteroatoms. The van der Waals surface area contributed by atoms with Crippen molar-refractivity contribution in [3.63, 3.8) is 0 Å². The van der Waals surface area contributed by atoms with E-state index in [1.165, 1.54) is 37.0 Å². The van der Waals surface area contributed by atoms with Crippen molar-refractivity contribution in [3.05, 3.63) is 52.0 Å². The second kappa shape index (κ2) is 9.92. The summed E-state index contributed by atoms with van der Waals surface area (Å²) >= 11 is 1.78. The van der Waals surface area contributed by atoms with Crippen molar-refractivity contribution in [3.8, 4) is 0 Å². The van der Waals surface area contributed by atoms with E-state index in [-0.39, 0.29) is 17.6 Å². The maximum absolute atomic E-state index is 13.5. The number of carbonyl (C=O) groups excluding carboxylic acids is 1. The Balaban J connectivity index is 1.31. The first-order chi connectivity index (χ1) is 17.5. The Kier molecular flexibility index (Phi) is 6.65. The molecule has 2 N–H and O–H groups in total. The third-order valence-electron chi connectivity index (χ3n) is 8.67. The second-order valence-electron chi connectivity index (χ2n) is 11.3. The van der Waals surface area contributed by atoms with Crippen LogP contribution in [0.15, 0.2) is 35.7 Å². The van der Waals surface area contributed by atoms with Crippen LogP contribution in [0, 0.1) is 5.92 Å². The van der Waals surface area contributed by atoms with Gasteiger partial charge < -0.3 is 19.7 Å². The number of amides is 1. The summed E-state index contributed by atoms with van der Waals surface area (Å²) < 4.78 is 7.79. The van der Waals surface area contributed by atoms with E-state index in [9.17, 15) is 9.90 Å². The number of aliphatic hydroxyl groups excluding tert-OH is 1. The number of aliphatic hydroxyl groups is 1. The highest BCUT2D eigenvalue weighted by molar-refractivity contribution is 7.09. The molecule has 192 valence electrons. The second-order valence-corrected chi connectivity index (χ2v) is 12.3. The third kappa shape index (κ3) is 4.85. The summed E-state index contributed by atoms with van der Waals surface area (Å²) in [6, 6.07) is 10.8. The Bertz CT molecular complexity index is 1210. The number of nitrogens with zero attached hydrogens (tertiary/aromatic N) is 2. The normalized spacial score (nSPS) is 27.7. The van der Waals surface area contributed by atoms with Gasteiger partial charge in [-0.15, -0.1) is 11.3 Å². The molecule has 1 aromatic carbocycles. The molecule has 36 heavy (non-hydrogen) atoms. The predicted octanol–water partition coefficient (Wildman–Crippen LogP) is 5.98. The van der Waals surface area contributed by atoms with E-state index >= 15 is 0 Å². The van der Waals surface area contributed by atoms with Crippen molar-refractivity contribution in [1.29, 1.82) is 0 Å². The van der Waals surface area contributed by atoms with E-state index in [2.05, 4.69) is 40.4 Å². The molecular formula is C29H37N3O3S. The number of ether oxygens (including phenoxy) is 1. The monoisotopic (exact) mass is 507 g/mol. The van der Waals surface area contributed by atoms with Crippen molar-refractivity contribution < 1.29 is 14.6 Å². The molecule has 3 aliphatic rings. The van der Waals surface area contributed by atoms with E-state index in [1.54, 1.807) is 11.3 Å². The molecule has 0 spiro atoms. The number of rotatable bonds is 7. The number of thiophene rings is 1. The summed E-state index contributed by atoms with van der Waals surface area (Å²) in [5, 5.41) is 15.2. The fourth-order valence-corrected chi connectivity index (χ4v) is 7.32. The highest BCUT2D eigenvalue weighted by Gasteiger charge is 2.45. The van der Waals surface area contributed by atoms with Gasteiger partial charge in [-0.1, -0.05) is 45.1 Å². The van der Waals surface area contributed by atoms with Crippen molar-refractivity contribution in [2.24, 2.45) is 5.92 Å². The van der Waals surface area contributed by atoms with Gasteiger partial charge >= 0.3 is 0 Å². The van der Waals surface area contributed by atoms with E-state index in [1.807, 2.05) is 12.1 Å². The molecule has 2 aliphatic carbocycles. The van der Waals surface area contributed by atoms with E-state index in [4.69, 9.17) is 9.72 Å². The van der Waals surface area contributed by atoms with Crippen LogP contribution in [0.1, 0.15) is 98.2 Å². The Morgan fingerprint density at radius 2 is 2.00 bits per heavy atom. The zero-order valence-electron chi connectivity index (χ0n) is 21.1. The van der Waals surface area contributed by atoms with Gasteiger partial charge in [0, 0.05) is 34.9 Å². The minimum Gasteiger partial charge on any atom is -0.366 e. The van der Waals surface area contributed by atoms with Gasteiger partial charge in [0.2, 0.25) is 0 Å². The first kappa shape index (κ1) is 24.1. The molecule has 0 radical (unpaired) electrons. The molecule has 6 nitrogen and oxygen atoms in total.